The normalized spacial score (nSPS) is 8.18. The fraction of sp³-hybridized carbons (Fsp3) is 0. The molecule has 11 heavy (non-hydrogen) atoms. The molecule has 1 rings (SSSR count). The van der Waals surface area contributed by atoms with Crippen LogP contribution in [0.25, 0.3) is 0 Å². The van der Waals surface area contributed by atoms with E-state index >= 15 is 0 Å². The Kier molecular flexibility index (Phi) is 5.09. The average molecular weight is 146 g/mol. The van der Waals surface area contributed by atoms with E-state index in [-0.39, 0.29) is 20.3 Å². The van der Waals surface area contributed by atoms with Crippen molar-refractivity contribution < 1.29 is 35.0 Å². The number of benzene rings is 1. The topological polar surface area (TPSA) is 49.7 Å². The molecule has 2 N–H and O–H groups in total. The molecule has 0 aliphatic rings. The van der Waals surface area contributed by atoms with Crippen LogP contribution in [0.5, 0.6) is 5.75 Å². The van der Waals surface area contributed by atoms with Crippen molar-refractivity contribution in [2.45, 2.75) is 0 Å². The molecule has 5 heteroatoms. The summed E-state index contributed by atoms with van der Waals surface area (Å²) in [5.41, 5.74) is 0. The molecule has 0 radical (unpaired) electrons. The van der Waals surface area contributed by atoms with Gasteiger partial charge in [-0.1, -0.05) is 18.2 Å². The summed E-state index contributed by atoms with van der Waals surface area (Å²) in [6, 6.07) is 8.59. The zero-order valence-corrected chi connectivity index (χ0v) is 6.27. The second-order valence-electron chi connectivity index (χ2n) is 1.76. The van der Waals surface area contributed by atoms with Gasteiger partial charge in [0.25, 0.3) is 0 Å². The molecule has 54 valence electrons. The van der Waals surface area contributed by atoms with Gasteiger partial charge in [0.2, 0.25) is 0 Å². The quantitative estimate of drug-likeness (QED) is 0.441. The van der Waals surface area contributed by atoms with E-state index in [4.69, 9.17) is 10.0 Å². The molecule has 3 nitrogen and oxygen atoms in total. The van der Waals surface area contributed by atoms with Gasteiger partial charge in [-0.25, -0.2) is 0 Å². The fourth-order valence-electron chi connectivity index (χ4n) is 0.621. The van der Waals surface area contributed by atoms with Crippen molar-refractivity contribution in [1.29, 1.82) is 0 Å². The molecule has 1 aromatic carbocycles. The summed E-state index contributed by atoms with van der Waals surface area (Å²) in [4.78, 5) is 0. The second-order valence-corrected chi connectivity index (χ2v) is 1.76. The van der Waals surface area contributed by atoms with Crippen molar-refractivity contribution >= 4 is 7.32 Å². The molecular weight excluding hydrogens is 138 g/mol. The summed E-state index contributed by atoms with van der Waals surface area (Å²) >= 11 is 0. The van der Waals surface area contributed by atoms with E-state index in [1.165, 1.54) is 0 Å². The Morgan fingerprint density at radius 2 is 1.73 bits per heavy atom. The van der Waals surface area contributed by atoms with Gasteiger partial charge in [-0.15, -0.1) is 0 Å². The summed E-state index contributed by atoms with van der Waals surface area (Å²) in [5, 5.41) is 16.7. The third kappa shape index (κ3) is 4.12. The van der Waals surface area contributed by atoms with Crippen LogP contribution in [-0.2, 0) is 0 Å². The molecule has 0 heterocycles. The van der Waals surface area contributed by atoms with Crippen LogP contribution in [0.15, 0.2) is 30.3 Å². The molecule has 0 fully saturated rings. The Labute approximate surface area is 78.8 Å². The Morgan fingerprint density at radius 1 is 1.18 bits per heavy atom. The van der Waals surface area contributed by atoms with Gasteiger partial charge in [-0.2, -0.15) is 0 Å². The van der Waals surface area contributed by atoms with Crippen LogP contribution >= 0.6 is 0 Å². The second kappa shape index (κ2) is 5.28. The minimum absolute atomic E-state index is 0. The molecule has 0 unspecified atom stereocenters. The minimum Gasteiger partial charge on any atom is -1.00 e. The van der Waals surface area contributed by atoms with E-state index < -0.39 is 7.32 Å². The molecule has 0 aliphatic carbocycles. The first-order chi connectivity index (χ1) is 4.79. The number of hydrogen-bond acceptors (Lipinski definition) is 3. The van der Waals surface area contributed by atoms with Gasteiger partial charge in [0.05, 0.1) is 0 Å². The first kappa shape index (κ1) is 10.6. The Bertz CT molecular complexity index is 197. The molecule has 1 aromatic rings. The first-order valence-corrected chi connectivity index (χ1v) is 2.87. The van der Waals surface area contributed by atoms with Crippen molar-refractivity contribution in [3.8, 4) is 5.75 Å². The molecular formula is C6H8BLiO3. The largest absolute Gasteiger partial charge is 1.00 e. The van der Waals surface area contributed by atoms with Crippen LogP contribution in [-0.4, -0.2) is 17.4 Å². The predicted octanol–water partition coefficient (Wildman–Crippen LogP) is -2.85. The summed E-state index contributed by atoms with van der Waals surface area (Å²) in [7, 11) is -1.73. The van der Waals surface area contributed by atoms with Crippen LogP contribution in [0.4, 0.5) is 0 Å². The van der Waals surface area contributed by atoms with Crippen molar-refractivity contribution in [2.75, 3.05) is 0 Å². The van der Waals surface area contributed by atoms with Gasteiger partial charge in [-0.3, -0.25) is 0 Å². The number of hydrogen-bond donors (Lipinski definition) is 2. The van der Waals surface area contributed by atoms with E-state index in [1.54, 1.807) is 24.3 Å². The molecule has 0 amide bonds. The molecule has 0 spiro atoms. The van der Waals surface area contributed by atoms with E-state index in [9.17, 15) is 0 Å². The first-order valence-electron chi connectivity index (χ1n) is 2.87. The monoisotopic (exact) mass is 146 g/mol. The molecule has 0 bridgehead atoms. The molecule has 0 aromatic heterocycles. The maximum atomic E-state index is 8.34. The van der Waals surface area contributed by atoms with Crippen molar-refractivity contribution in [2.24, 2.45) is 0 Å². The van der Waals surface area contributed by atoms with Gasteiger partial charge >= 0.3 is 26.2 Å². The van der Waals surface area contributed by atoms with E-state index in [1.807, 2.05) is 6.07 Å². The summed E-state index contributed by atoms with van der Waals surface area (Å²) in [6.07, 6.45) is 0. The summed E-state index contributed by atoms with van der Waals surface area (Å²) in [6.45, 7) is 0. The van der Waals surface area contributed by atoms with Crippen LogP contribution in [0, 0.1) is 0 Å². The van der Waals surface area contributed by atoms with Crippen molar-refractivity contribution in [3.63, 3.8) is 0 Å². The third-order valence-electron chi connectivity index (χ3n) is 0.985. The average Bonchev–Trinajstić information content (AvgIpc) is 1.88. The van der Waals surface area contributed by atoms with Crippen LogP contribution in [0.3, 0.4) is 0 Å². The van der Waals surface area contributed by atoms with Gasteiger partial charge in [-0.05, 0) is 12.1 Å². The summed E-state index contributed by atoms with van der Waals surface area (Å²) in [5.74, 6) is 0.442. The minimum atomic E-state index is -1.73. The van der Waals surface area contributed by atoms with Gasteiger partial charge < -0.3 is 16.1 Å². The summed E-state index contributed by atoms with van der Waals surface area (Å²) < 4.78 is 4.53. The predicted molar refractivity (Wildman–Crippen MR) is 38.4 cm³/mol. The van der Waals surface area contributed by atoms with Gasteiger partial charge in [0.1, 0.15) is 5.75 Å². The van der Waals surface area contributed by atoms with Crippen LogP contribution in [0.1, 0.15) is 1.43 Å². The zero-order chi connectivity index (χ0) is 7.40. The van der Waals surface area contributed by atoms with Crippen LogP contribution in [0.2, 0.25) is 0 Å². The maximum Gasteiger partial charge on any atom is 1.00 e. The molecule has 0 saturated heterocycles. The standard InChI is InChI=1S/C6H7BO3.Li.H/c8-7(9)10-6-4-2-1-3-5-6;;/h1-5,8-9H;;/q;+1;-1. The Balaban J connectivity index is 0. The zero-order valence-electron chi connectivity index (χ0n) is 7.27. The van der Waals surface area contributed by atoms with E-state index in [2.05, 4.69) is 4.65 Å². The smallest absolute Gasteiger partial charge is 1.00 e. The Hall–Kier alpha value is -0.398. The van der Waals surface area contributed by atoms with Crippen molar-refractivity contribution in [3.05, 3.63) is 30.3 Å². The fourth-order valence-corrected chi connectivity index (χ4v) is 0.621. The number of para-hydroxylation sites is 1. The Morgan fingerprint density at radius 3 is 2.18 bits per heavy atom. The van der Waals surface area contributed by atoms with E-state index in [0.29, 0.717) is 5.75 Å². The van der Waals surface area contributed by atoms with Crippen LogP contribution < -0.4 is 23.5 Å². The van der Waals surface area contributed by atoms with Crippen molar-refractivity contribution in [1.82, 2.24) is 0 Å². The maximum absolute atomic E-state index is 8.34. The molecule has 0 saturated carbocycles. The molecule has 0 aliphatic heterocycles. The van der Waals surface area contributed by atoms with Gasteiger partial charge in [0.15, 0.2) is 0 Å². The van der Waals surface area contributed by atoms with Gasteiger partial charge in [0, 0.05) is 0 Å². The number of rotatable bonds is 2. The SMILES string of the molecule is OB(O)Oc1ccccc1.[H-].[Li+]. The van der Waals surface area contributed by atoms with E-state index in [0.717, 1.165) is 0 Å². The third-order valence-corrected chi connectivity index (χ3v) is 0.985. The molecule has 0 atom stereocenters.